The molecule has 0 spiro atoms. The van der Waals surface area contributed by atoms with Crippen LogP contribution in [0.2, 0.25) is 0 Å². The van der Waals surface area contributed by atoms with Gasteiger partial charge in [-0.05, 0) is 33.4 Å². The van der Waals surface area contributed by atoms with Crippen LogP contribution < -0.4 is 0 Å². The van der Waals surface area contributed by atoms with Gasteiger partial charge in [0, 0.05) is 44.0 Å². The van der Waals surface area contributed by atoms with E-state index in [4.69, 9.17) is 0 Å². The molecule has 90 valence electrons. The Labute approximate surface area is 98.7 Å². The van der Waals surface area contributed by atoms with E-state index in [0.29, 0.717) is 0 Å². The third-order valence-corrected chi connectivity index (χ3v) is 4.64. The summed E-state index contributed by atoms with van der Waals surface area (Å²) in [6.45, 7) is 4.90. The van der Waals surface area contributed by atoms with Crippen LogP contribution in [-0.2, 0) is 0 Å². The molecule has 0 aromatic heterocycles. The minimum Gasteiger partial charge on any atom is -0.372 e. The maximum Gasteiger partial charge on any atom is 0.0331 e. The van der Waals surface area contributed by atoms with Crippen molar-refractivity contribution in [3.63, 3.8) is 0 Å². The Balaban J connectivity index is 1.69. The molecule has 0 aromatic carbocycles. The number of nitrogens with zero attached hydrogens (tertiary/aromatic N) is 3. The Hall–Kier alpha value is -0.540. The number of hydrogen-bond acceptors (Lipinski definition) is 3. The highest BCUT2D eigenvalue weighted by atomic mass is 15.3. The van der Waals surface area contributed by atoms with Gasteiger partial charge in [-0.2, -0.15) is 0 Å². The van der Waals surface area contributed by atoms with Crippen molar-refractivity contribution in [1.29, 1.82) is 0 Å². The zero-order valence-corrected chi connectivity index (χ0v) is 10.5. The fourth-order valence-corrected chi connectivity index (χ4v) is 3.40. The van der Waals surface area contributed by atoms with Gasteiger partial charge in [0.2, 0.25) is 0 Å². The second kappa shape index (κ2) is 4.04. The molecule has 0 aliphatic carbocycles. The van der Waals surface area contributed by atoms with Gasteiger partial charge in [-0.15, -0.1) is 0 Å². The first-order valence-electron chi connectivity index (χ1n) is 6.58. The third-order valence-electron chi connectivity index (χ3n) is 4.64. The summed E-state index contributed by atoms with van der Waals surface area (Å²) in [6.07, 6.45) is 6.50. The summed E-state index contributed by atoms with van der Waals surface area (Å²) in [5.74, 6) is 0. The zero-order valence-electron chi connectivity index (χ0n) is 10.5. The summed E-state index contributed by atoms with van der Waals surface area (Å²) in [4.78, 5) is 7.66. The highest BCUT2D eigenvalue weighted by Crippen LogP contribution is 2.31. The number of likely N-dealkylation sites (tertiary alicyclic amines) is 1. The molecular formula is C13H23N3. The highest BCUT2D eigenvalue weighted by molar-refractivity contribution is 5.10. The SMILES string of the molecule is CN1CC=C(N2CC3CCC(C2)N3C)CC1. The highest BCUT2D eigenvalue weighted by Gasteiger charge is 2.37. The van der Waals surface area contributed by atoms with Crippen LogP contribution in [0.25, 0.3) is 0 Å². The molecule has 3 aliphatic heterocycles. The monoisotopic (exact) mass is 221 g/mol. The first kappa shape index (κ1) is 10.6. The molecule has 0 radical (unpaired) electrons. The lowest BCUT2D eigenvalue weighted by molar-refractivity contribution is 0.106. The van der Waals surface area contributed by atoms with E-state index in [2.05, 4.69) is 34.9 Å². The van der Waals surface area contributed by atoms with Gasteiger partial charge in [0.15, 0.2) is 0 Å². The van der Waals surface area contributed by atoms with Crippen LogP contribution in [0.5, 0.6) is 0 Å². The first-order chi connectivity index (χ1) is 7.74. The van der Waals surface area contributed by atoms with Crippen LogP contribution in [0.4, 0.5) is 0 Å². The molecule has 0 saturated carbocycles. The van der Waals surface area contributed by atoms with E-state index in [1.54, 1.807) is 5.70 Å². The average Bonchev–Trinajstić information content (AvgIpc) is 2.54. The number of likely N-dealkylation sites (N-methyl/N-ethyl adjacent to an activating group) is 2. The Kier molecular flexibility index (Phi) is 2.68. The van der Waals surface area contributed by atoms with Gasteiger partial charge >= 0.3 is 0 Å². The lowest BCUT2D eigenvalue weighted by Crippen LogP contribution is -2.51. The van der Waals surface area contributed by atoms with E-state index in [1.165, 1.54) is 38.9 Å². The molecule has 3 nitrogen and oxygen atoms in total. The van der Waals surface area contributed by atoms with Crippen molar-refractivity contribution in [3.05, 3.63) is 11.8 Å². The molecule has 2 fully saturated rings. The number of fused-ring (bicyclic) bond motifs is 2. The van der Waals surface area contributed by atoms with Crippen LogP contribution in [-0.4, -0.2) is 67.1 Å². The molecular weight excluding hydrogens is 198 g/mol. The van der Waals surface area contributed by atoms with Crippen molar-refractivity contribution in [2.45, 2.75) is 31.3 Å². The van der Waals surface area contributed by atoms with Gasteiger partial charge in [-0.1, -0.05) is 6.08 Å². The smallest absolute Gasteiger partial charge is 0.0331 e. The molecule has 3 heteroatoms. The molecule has 0 aromatic rings. The Morgan fingerprint density at radius 2 is 1.81 bits per heavy atom. The molecule has 2 atom stereocenters. The van der Waals surface area contributed by atoms with Gasteiger partial charge in [-0.3, -0.25) is 4.90 Å². The van der Waals surface area contributed by atoms with Crippen molar-refractivity contribution >= 4 is 0 Å². The molecule has 2 saturated heterocycles. The lowest BCUT2D eigenvalue weighted by atomic mass is 10.1. The summed E-state index contributed by atoms with van der Waals surface area (Å²) < 4.78 is 0. The maximum absolute atomic E-state index is 2.66. The minimum absolute atomic E-state index is 0.819. The number of hydrogen-bond donors (Lipinski definition) is 0. The van der Waals surface area contributed by atoms with Crippen molar-refractivity contribution < 1.29 is 0 Å². The molecule has 2 unspecified atom stereocenters. The normalized spacial score (nSPS) is 36.6. The van der Waals surface area contributed by atoms with Crippen molar-refractivity contribution in [2.24, 2.45) is 0 Å². The van der Waals surface area contributed by atoms with Gasteiger partial charge < -0.3 is 9.80 Å². The van der Waals surface area contributed by atoms with E-state index in [1.807, 2.05) is 0 Å². The molecule has 0 N–H and O–H groups in total. The summed E-state index contributed by atoms with van der Waals surface area (Å²) in [7, 11) is 4.52. The number of rotatable bonds is 1. The molecule has 0 amide bonds. The maximum atomic E-state index is 2.66. The second-order valence-electron chi connectivity index (χ2n) is 5.66. The molecule has 3 aliphatic rings. The minimum atomic E-state index is 0.819. The predicted octanol–water partition coefficient (Wildman–Crippen LogP) is 0.984. The summed E-state index contributed by atoms with van der Waals surface area (Å²) in [5, 5.41) is 0. The van der Waals surface area contributed by atoms with Crippen LogP contribution >= 0.6 is 0 Å². The van der Waals surface area contributed by atoms with E-state index in [9.17, 15) is 0 Å². The van der Waals surface area contributed by atoms with Gasteiger partial charge in [-0.25, -0.2) is 0 Å². The molecule has 3 heterocycles. The topological polar surface area (TPSA) is 9.72 Å². The van der Waals surface area contributed by atoms with Crippen LogP contribution in [0.15, 0.2) is 11.8 Å². The molecule has 2 bridgehead atoms. The van der Waals surface area contributed by atoms with Crippen molar-refractivity contribution in [3.8, 4) is 0 Å². The Bertz CT molecular complexity index is 286. The van der Waals surface area contributed by atoms with Crippen LogP contribution in [0.3, 0.4) is 0 Å². The third kappa shape index (κ3) is 1.76. The van der Waals surface area contributed by atoms with Crippen molar-refractivity contribution in [2.75, 3.05) is 40.3 Å². The molecule has 3 rings (SSSR count). The number of piperazine rings is 1. The largest absolute Gasteiger partial charge is 0.372 e. The van der Waals surface area contributed by atoms with Crippen LogP contribution in [0.1, 0.15) is 19.3 Å². The van der Waals surface area contributed by atoms with E-state index < -0.39 is 0 Å². The second-order valence-corrected chi connectivity index (χ2v) is 5.66. The summed E-state index contributed by atoms with van der Waals surface area (Å²) in [5.41, 5.74) is 1.61. The van der Waals surface area contributed by atoms with Gasteiger partial charge in [0.25, 0.3) is 0 Å². The first-order valence-corrected chi connectivity index (χ1v) is 6.58. The predicted molar refractivity (Wildman–Crippen MR) is 66.3 cm³/mol. The van der Waals surface area contributed by atoms with Crippen LogP contribution in [0, 0.1) is 0 Å². The lowest BCUT2D eigenvalue weighted by Gasteiger charge is -2.42. The average molecular weight is 221 g/mol. The Morgan fingerprint density at radius 3 is 2.38 bits per heavy atom. The van der Waals surface area contributed by atoms with E-state index in [0.717, 1.165) is 18.6 Å². The van der Waals surface area contributed by atoms with E-state index in [-0.39, 0.29) is 0 Å². The van der Waals surface area contributed by atoms with Gasteiger partial charge in [0.1, 0.15) is 0 Å². The fourth-order valence-electron chi connectivity index (χ4n) is 3.40. The fraction of sp³-hybridized carbons (Fsp3) is 0.846. The van der Waals surface area contributed by atoms with Crippen molar-refractivity contribution in [1.82, 2.24) is 14.7 Å². The summed E-state index contributed by atoms with van der Waals surface area (Å²) in [6, 6.07) is 1.64. The zero-order chi connectivity index (χ0) is 11.1. The van der Waals surface area contributed by atoms with Gasteiger partial charge in [0.05, 0.1) is 0 Å². The summed E-state index contributed by atoms with van der Waals surface area (Å²) >= 11 is 0. The molecule has 16 heavy (non-hydrogen) atoms. The Morgan fingerprint density at radius 1 is 1.12 bits per heavy atom. The van der Waals surface area contributed by atoms with E-state index >= 15 is 0 Å². The quantitative estimate of drug-likeness (QED) is 0.653. The standard InChI is InChI=1S/C13H23N3/c1-14-7-5-11(6-8-14)16-9-12-3-4-13(10-16)15(12)2/h5,12-13H,3-4,6-10H2,1-2H3.